The Kier molecular flexibility index (Phi) is 5.91. The zero-order chi connectivity index (χ0) is 15.9. The maximum Gasteiger partial charge on any atom is 0.314 e. The molecule has 21 heavy (non-hydrogen) atoms. The van der Waals surface area contributed by atoms with E-state index in [4.69, 9.17) is 0 Å². The van der Waals surface area contributed by atoms with Crippen LogP contribution in [-0.4, -0.2) is 35.0 Å². The minimum absolute atomic E-state index is 0.103. The van der Waals surface area contributed by atoms with Crippen molar-refractivity contribution in [2.45, 2.75) is 18.8 Å². The summed E-state index contributed by atoms with van der Waals surface area (Å²) in [6, 6.07) is 8.81. The largest absolute Gasteiger partial charge is 0.481 e. The van der Waals surface area contributed by atoms with Crippen molar-refractivity contribution in [1.29, 1.82) is 0 Å². The zero-order valence-electron chi connectivity index (χ0n) is 12.3. The van der Waals surface area contributed by atoms with Crippen molar-refractivity contribution in [3.63, 3.8) is 0 Å². The highest BCUT2D eigenvalue weighted by molar-refractivity contribution is 5.89. The SMILES string of the molecule is C=CCN(CC=C)C(=O)CC(C)(C(=O)O)c1ccccc1. The Morgan fingerprint density at radius 2 is 1.71 bits per heavy atom. The van der Waals surface area contributed by atoms with Crippen LogP contribution in [0.5, 0.6) is 0 Å². The first-order valence-corrected chi connectivity index (χ1v) is 6.74. The van der Waals surface area contributed by atoms with Crippen LogP contribution in [0.1, 0.15) is 18.9 Å². The van der Waals surface area contributed by atoms with E-state index in [1.807, 2.05) is 6.07 Å². The molecule has 0 aliphatic carbocycles. The summed E-state index contributed by atoms with van der Waals surface area (Å²) in [7, 11) is 0. The average molecular weight is 287 g/mol. The summed E-state index contributed by atoms with van der Waals surface area (Å²) >= 11 is 0. The number of benzene rings is 1. The van der Waals surface area contributed by atoms with Crippen molar-refractivity contribution < 1.29 is 14.7 Å². The molecular weight excluding hydrogens is 266 g/mol. The van der Waals surface area contributed by atoms with Gasteiger partial charge in [0.2, 0.25) is 5.91 Å². The van der Waals surface area contributed by atoms with Crippen LogP contribution in [0.25, 0.3) is 0 Å². The van der Waals surface area contributed by atoms with E-state index in [1.165, 1.54) is 4.90 Å². The zero-order valence-corrected chi connectivity index (χ0v) is 12.3. The number of carbonyl (C=O) groups is 2. The van der Waals surface area contributed by atoms with E-state index in [9.17, 15) is 14.7 Å². The second-order valence-corrected chi connectivity index (χ2v) is 5.06. The first kappa shape index (κ1) is 16.7. The van der Waals surface area contributed by atoms with Gasteiger partial charge in [0.25, 0.3) is 0 Å². The number of carboxylic acids is 1. The Balaban J connectivity index is 3.03. The predicted octanol–water partition coefficient (Wildman–Crippen LogP) is 2.62. The molecule has 0 saturated carbocycles. The molecule has 4 nitrogen and oxygen atoms in total. The van der Waals surface area contributed by atoms with Gasteiger partial charge in [-0.05, 0) is 12.5 Å². The summed E-state index contributed by atoms with van der Waals surface area (Å²) in [6.45, 7) is 9.53. The van der Waals surface area contributed by atoms with Gasteiger partial charge >= 0.3 is 5.97 Å². The van der Waals surface area contributed by atoms with Crippen molar-refractivity contribution in [3.8, 4) is 0 Å². The lowest BCUT2D eigenvalue weighted by atomic mass is 9.79. The Labute approximate surface area is 125 Å². The van der Waals surface area contributed by atoms with Crippen molar-refractivity contribution in [3.05, 3.63) is 61.2 Å². The Bertz CT molecular complexity index is 514. The highest BCUT2D eigenvalue weighted by atomic mass is 16.4. The van der Waals surface area contributed by atoms with Crippen LogP contribution in [0.15, 0.2) is 55.6 Å². The Hall–Kier alpha value is -2.36. The van der Waals surface area contributed by atoms with Crippen LogP contribution in [-0.2, 0) is 15.0 Å². The standard InChI is InChI=1S/C17H21NO3/c1-4-11-18(12-5-2)15(19)13-17(3,16(20)21)14-9-7-6-8-10-14/h4-10H,1-2,11-13H2,3H3,(H,20,21). The van der Waals surface area contributed by atoms with E-state index in [-0.39, 0.29) is 12.3 Å². The van der Waals surface area contributed by atoms with E-state index in [0.717, 1.165) is 0 Å². The number of hydrogen-bond donors (Lipinski definition) is 1. The molecule has 0 heterocycles. The molecule has 0 bridgehead atoms. The van der Waals surface area contributed by atoms with Gasteiger partial charge in [0, 0.05) is 19.5 Å². The molecule has 0 aliphatic heterocycles. The molecular formula is C17H21NO3. The average Bonchev–Trinajstić information content (AvgIpc) is 2.47. The molecule has 0 aromatic heterocycles. The molecule has 112 valence electrons. The minimum atomic E-state index is -1.25. The smallest absolute Gasteiger partial charge is 0.314 e. The van der Waals surface area contributed by atoms with Gasteiger partial charge in [-0.15, -0.1) is 13.2 Å². The molecule has 0 radical (unpaired) electrons. The number of carbonyl (C=O) groups excluding carboxylic acids is 1. The van der Waals surface area contributed by atoms with Crippen LogP contribution >= 0.6 is 0 Å². The predicted molar refractivity (Wildman–Crippen MR) is 83.0 cm³/mol. The van der Waals surface area contributed by atoms with E-state index in [1.54, 1.807) is 43.3 Å². The van der Waals surface area contributed by atoms with Crippen LogP contribution in [0.2, 0.25) is 0 Å². The quantitative estimate of drug-likeness (QED) is 0.748. The van der Waals surface area contributed by atoms with Crippen LogP contribution in [0, 0.1) is 0 Å². The number of aliphatic carboxylic acids is 1. The topological polar surface area (TPSA) is 57.6 Å². The number of nitrogens with zero attached hydrogens (tertiary/aromatic N) is 1. The molecule has 0 fully saturated rings. The maximum atomic E-state index is 12.4. The summed E-state index contributed by atoms with van der Waals surface area (Å²) < 4.78 is 0. The molecule has 0 aliphatic rings. The molecule has 1 amide bonds. The molecule has 1 rings (SSSR count). The fraction of sp³-hybridized carbons (Fsp3) is 0.294. The monoisotopic (exact) mass is 287 g/mol. The van der Waals surface area contributed by atoms with Gasteiger partial charge in [0.05, 0.1) is 5.41 Å². The molecule has 0 saturated heterocycles. The third kappa shape index (κ3) is 4.05. The maximum absolute atomic E-state index is 12.4. The number of carboxylic acid groups (broad SMARTS) is 1. The van der Waals surface area contributed by atoms with Crippen LogP contribution < -0.4 is 0 Å². The first-order valence-electron chi connectivity index (χ1n) is 6.74. The van der Waals surface area contributed by atoms with E-state index < -0.39 is 11.4 Å². The van der Waals surface area contributed by atoms with E-state index in [2.05, 4.69) is 13.2 Å². The molecule has 4 heteroatoms. The van der Waals surface area contributed by atoms with Gasteiger partial charge in [-0.25, -0.2) is 0 Å². The molecule has 1 unspecified atom stereocenters. The van der Waals surface area contributed by atoms with Crippen molar-refractivity contribution in [2.75, 3.05) is 13.1 Å². The third-order valence-electron chi connectivity index (χ3n) is 3.44. The van der Waals surface area contributed by atoms with Crippen molar-refractivity contribution in [1.82, 2.24) is 4.90 Å². The fourth-order valence-corrected chi connectivity index (χ4v) is 2.11. The second kappa shape index (κ2) is 7.43. The Morgan fingerprint density at radius 1 is 1.19 bits per heavy atom. The molecule has 1 aromatic rings. The van der Waals surface area contributed by atoms with Crippen molar-refractivity contribution >= 4 is 11.9 Å². The third-order valence-corrected chi connectivity index (χ3v) is 3.44. The van der Waals surface area contributed by atoms with Crippen LogP contribution in [0.4, 0.5) is 0 Å². The minimum Gasteiger partial charge on any atom is -0.481 e. The van der Waals surface area contributed by atoms with Gasteiger partial charge < -0.3 is 10.0 Å². The fourth-order valence-electron chi connectivity index (χ4n) is 2.11. The summed E-state index contributed by atoms with van der Waals surface area (Å²) in [4.78, 5) is 25.6. The van der Waals surface area contributed by atoms with Crippen molar-refractivity contribution in [2.24, 2.45) is 0 Å². The molecule has 1 aromatic carbocycles. The van der Waals surface area contributed by atoms with Gasteiger partial charge in [-0.2, -0.15) is 0 Å². The van der Waals surface area contributed by atoms with E-state index in [0.29, 0.717) is 18.7 Å². The molecule has 0 spiro atoms. The van der Waals surface area contributed by atoms with E-state index >= 15 is 0 Å². The summed E-state index contributed by atoms with van der Waals surface area (Å²) in [5.41, 5.74) is -0.637. The normalized spacial score (nSPS) is 13.0. The van der Waals surface area contributed by atoms with Gasteiger partial charge in [0.15, 0.2) is 0 Å². The lowest BCUT2D eigenvalue weighted by Crippen LogP contribution is -2.41. The summed E-state index contributed by atoms with van der Waals surface area (Å²) in [5.74, 6) is -1.25. The molecule has 1 atom stereocenters. The first-order chi connectivity index (χ1) is 9.95. The summed E-state index contributed by atoms with van der Waals surface area (Å²) in [6.07, 6.45) is 3.12. The number of amides is 1. The lowest BCUT2D eigenvalue weighted by Gasteiger charge is -2.28. The van der Waals surface area contributed by atoms with Gasteiger partial charge in [0.1, 0.15) is 0 Å². The van der Waals surface area contributed by atoms with Gasteiger partial charge in [-0.1, -0.05) is 42.5 Å². The Morgan fingerprint density at radius 3 is 2.14 bits per heavy atom. The van der Waals surface area contributed by atoms with Gasteiger partial charge in [-0.3, -0.25) is 9.59 Å². The molecule has 1 N–H and O–H groups in total. The lowest BCUT2D eigenvalue weighted by molar-refractivity contribution is -0.147. The van der Waals surface area contributed by atoms with Crippen LogP contribution in [0.3, 0.4) is 0 Å². The number of rotatable bonds is 8. The summed E-state index contributed by atoms with van der Waals surface area (Å²) in [5, 5.41) is 9.57. The second-order valence-electron chi connectivity index (χ2n) is 5.06. The number of hydrogen-bond acceptors (Lipinski definition) is 2. The highest BCUT2D eigenvalue weighted by Crippen LogP contribution is 2.28. The highest BCUT2D eigenvalue weighted by Gasteiger charge is 2.38.